The Bertz CT molecular complexity index is 997. The lowest BCUT2D eigenvalue weighted by Crippen LogP contribution is -2.08. The number of thioether (sulfide) groups is 1. The number of benzene rings is 2. The van der Waals surface area contributed by atoms with Crippen molar-refractivity contribution in [1.29, 1.82) is 0 Å². The highest BCUT2D eigenvalue weighted by molar-refractivity contribution is 8.15. The van der Waals surface area contributed by atoms with E-state index in [0.717, 1.165) is 15.8 Å². The van der Waals surface area contributed by atoms with Gasteiger partial charge < -0.3 is 0 Å². The fourth-order valence-electron chi connectivity index (χ4n) is 2.21. The smallest absolute Gasteiger partial charge is 0.269 e. The van der Waals surface area contributed by atoms with Gasteiger partial charge in [-0.3, -0.25) is 25.3 Å². The summed E-state index contributed by atoms with van der Waals surface area (Å²) in [5.41, 5.74) is 4.10. The van der Waals surface area contributed by atoms with Gasteiger partial charge in [0.1, 0.15) is 0 Å². The Balaban J connectivity index is 1.83. The molecule has 0 aliphatic rings. The molecule has 8 heteroatoms. The van der Waals surface area contributed by atoms with Crippen LogP contribution in [-0.4, -0.2) is 20.7 Å². The number of para-hydroxylation sites is 1. The number of carbonyl (C=O) groups excluding carboxylic acids is 1. The SMILES string of the molecule is CC(=O)C(=NNc1ccc([N+](=O)[O-])cc1)Sc1cccc2cccnc12. The normalized spacial score (nSPS) is 11.3. The van der Waals surface area contributed by atoms with Gasteiger partial charge in [0.25, 0.3) is 5.69 Å². The summed E-state index contributed by atoms with van der Waals surface area (Å²) in [4.78, 5) is 27.3. The van der Waals surface area contributed by atoms with Crippen LogP contribution in [0.1, 0.15) is 6.92 Å². The second-order valence-electron chi connectivity index (χ2n) is 5.32. The number of Topliss-reactive ketones (excluding diaryl/α,β-unsaturated/α-hetero) is 1. The van der Waals surface area contributed by atoms with Gasteiger partial charge in [0, 0.05) is 35.5 Å². The number of rotatable bonds is 5. The van der Waals surface area contributed by atoms with E-state index in [1.807, 2.05) is 30.3 Å². The average molecular weight is 366 g/mol. The molecule has 26 heavy (non-hydrogen) atoms. The van der Waals surface area contributed by atoms with Gasteiger partial charge in [0.15, 0.2) is 10.8 Å². The number of non-ortho nitro benzene ring substituents is 1. The Kier molecular flexibility index (Phi) is 5.23. The highest BCUT2D eigenvalue weighted by atomic mass is 32.2. The van der Waals surface area contributed by atoms with Crippen LogP contribution in [0.4, 0.5) is 11.4 Å². The molecule has 0 saturated carbocycles. The number of hydrogen-bond donors (Lipinski definition) is 1. The number of nitro benzene ring substituents is 1. The lowest BCUT2D eigenvalue weighted by atomic mass is 10.2. The second kappa shape index (κ2) is 7.75. The van der Waals surface area contributed by atoms with E-state index in [1.54, 1.807) is 6.20 Å². The molecule has 2 aromatic carbocycles. The molecule has 0 aliphatic carbocycles. The molecule has 0 atom stereocenters. The van der Waals surface area contributed by atoms with Crippen molar-refractivity contribution in [2.75, 3.05) is 5.43 Å². The third-order valence-corrected chi connectivity index (χ3v) is 4.59. The largest absolute Gasteiger partial charge is 0.292 e. The summed E-state index contributed by atoms with van der Waals surface area (Å²) in [5.74, 6) is -0.197. The first-order chi connectivity index (χ1) is 12.5. The Morgan fingerprint density at radius 1 is 1.15 bits per heavy atom. The highest BCUT2D eigenvalue weighted by Gasteiger charge is 2.12. The van der Waals surface area contributed by atoms with Crippen LogP contribution in [0, 0.1) is 10.1 Å². The molecule has 0 spiro atoms. The van der Waals surface area contributed by atoms with E-state index in [1.165, 1.54) is 43.0 Å². The van der Waals surface area contributed by atoms with Gasteiger partial charge in [-0.05, 0) is 24.3 Å². The van der Waals surface area contributed by atoms with Gasteiger partial charge in [-0.2, -0.15) is 5.10 Å². The summed E-state index contributed by atoms with van der Waals surface area (Å²) >= 11 is 1.22. The predicted octanol–water partition coefficient (Wildman–Crippen LogP) is 4.25. The summed E-state index contributed by atoms with van der Waals surface area (Å²) in [6, 6.07) is 15.3. The van der Waals surface area contributed by atoms with Crippen molar-refractivity contribution in [2.24, 2.45) is 5.10 Å². The van der Waals surface area contributed by atoms with E-state index < -0.39 is 4.92 Å². The van der Waals surface area contributed by atoms with Gasteiger partial charge in [0.2, 0.25) is 0 Å². The lowest BCUT2D eigenvalue weighted by Gasteiger charge is -2.07. The topological polar surface area (TPSA) is 97.5 Å². The quantitative estimate of drug-likeness (QED) is 0.238. The molecular weight excluding hydrogens is 352 g/mol. The minimum Gasteiger partial charge on any atom is -0.292 e. The Morgan fingerprint density at radius 2 is 1.88 bits per heavy atom. The van der Waals surface area contributed by atoms with Crippen LogP contribution in [0.25, 0.3) is 10.9 Å². The first-order valence-electron chi connectivity index (χ1n) is 7.65. The van der Waals surface area contributed by atoms with Crippen LogP contribution < -0.4 is 5.43 Å². The predicted molar refractivity (Wildman–Crippen MR) is 102 cm³/mol. The fourth-order valence-corrected chi connectivity index (χ4v) is 3.07. The van der Waals surface area contributed by atoms with E-state index in [0.29, 0.717) is 5.69 Å². The van der Waals surface area contributed by atoms with Gasteiger partial charge in [-0.15, -0.1) is 0 Å². The second-order valence-corrected chi connectivity index (χ2v) is 6.35. The molecule has 0 saturated heterocycles. The molecule has 130 valence electrons. The minimum absolute atomic E-state index is 0.0116. The van der Waals surface area contributed by atoms with E-state index in [-0.39, 0.29) is 16.5 Å². The molecule has 1 heterocycles. The van der Waals surface area contributed by atoms with Crippen molar-refractivity contribution in [3.05, 3.63) is 70.9 Å². The summed E-state index contributed by atoms with van der Waals surface area (Å²) in [6.07, 6.45) is 1.70. The third kappa shape index (κ3) is 4.04. The molecule has 0 bridgehead atoms. The average Bonchev–Trinajstić information content (AvgIpc) is 2.65. The van der Waals surface area contributed by atoms with Crippen molar-refractivity contribution in [3.8, 4) is 0 Å². The van der Waals surface area contributed by atoms with Crippen LogP contribution in [0.15, 0.2) is 70.8 Å². The molecule has 0 radical (unpaired) electrons. The number of anilines is 1. The number of hydrogen-bond acceptors (Lipinski definition) is 7. The van der Waals surface area contributed by atoms with E-state index in [9.17, 15) is 14.9 Å². The van der Waals surface area contributed by atoms with Gasteiger partial charge in [0.05, 0.1) is 16.1 Å². The van der Waals surface area contributed by atoms with Crippen LogP contribution in [0.5, 0.6) is 0 Å². The van der Waals surface area contributed by atoms with Gasteiger partial charge in [-0.25, -0.2) is 0 Å². The standard InChI is InChI=1S/C18H14N4O3S/c1-12(23)18(21-20-14-7-9-15(10-8-14)22(24)25)26-16-6-2-4-13-5-3-11-19-17(13)16/h2-11,20H,1H3. The maximum absolute atomic E-state index is 11.9. The number of aromatic nitrogens is 1. The number of nitro groups is 1. The molecule has 1 aromatic heterocycles. The zero-order valence-electron chi connectivity index (χ0n) is 13.7. The molecular formula is C18H14N4O3S. The minimum atomic E-state index is -0.475. The lowest BCUT2D eigenvalue weighted by molar-refractivity contribution is -0.384. The molecule has 3 rings (SSSR count). The zero-order valence-corrected chi connectivity index (χ0v) is 14.6. The van der Waals surface area contributed by atoms with Crippen molar-refractivity contribution < 1.29 is 9.72 Å². The van der Waals surface area contributed by atoms with Gasteiger partial charge in [-0.1, -0.05) is 30.0 Å². The van der Waals surface area contributed by atoms with Crippen LogP contribution in [0.2, 0.25) is 0 Å². The van der Waals surface area contributed by atoms with E-state index in [4.69, 9.17) is 0 Å². The number of fused-ring (bicyclic) bond motifs is 1. The Hall–Kier alpha value is -3.26. The molecule has 0 unspecified atom stereocenters. The Morgan fingerprint density at radius 3 is 2.58 bits per heavy atom. The molecule has 0 aliphatic heterocycles. The molecule has 7 nitrogen and oxygen atoms in total. The van der Waals surface area contributed by atoms with Crippen LogP contribution in [0.3, 0.4) is 0 Å². The number of carbonyl (C=O) groups is 1. The third-order valence-electron chi connectivity index (χ3n) is 3.47. The zero-order chi connectivity index (χ0) is 18.5. The maximum Gasteiger partial charge on any atom is 0.269 e. The number of pyridine rings is 1. The Labute approximate surface area is 153 Å². The number of ketones is 1. The van der Waals surface area contributed by atoms with Crippen molar-refractivity contribution >= 4 is 44.9 Å². The first kappa shape index (κ1) is 17.6. The number of nitrogens with zero attached hydrogens (tertiary/aromatic N) is 3. The van der Waals surface area contributed by atoms with E-state index in [2.05, 4.69) is 15.5 Å². The van der Waals surface area contributed by atoms with Crippen LogP contribution >= 0.6 is 11.8 Å². The summed E-state index contributed by atoms with van der Waals surface area (Å²) in [5, 5.41) is 16.1. The van der Waals surface area contributed by atoms with Crippen molar-refractivity contribution in [3.63, 3.8) is 0 Å². The molecule has 1 N–H and O–H groups in total. The highest BCUT2D eigenvalue weighted by Crippen LogP contribution is 2.27. The monoisotopic (exact) mass is 366 g/mol. The van der Waals surface area contributed by atoms with Crippen molar-refractivity contribution in [1.82, 2.24) is 4.98 Å². The molecule has 0 fully saturated rings. The summed E-state index contributed by atoms with van der Waals surface area (Å²) < 4.78 is 0. The maximum atomic E-state index is 11.9. The fraction of sp³-hybridized carbons (Fsp3) is 0.0556. The van der Waals surface area contributed by atoms with E-state index >= 15 is 0 Å². The number of hydrazone groups is 1. The van der Waals surface area contributed by atoms with Crippen molar-refractivity contribution in [2.45, 2.75) is 11.8 Å². The summed E-state index contributed by atoms with van der Waals surface area (Å²) in [7, 11) is 0. The van der Waals surface area contributed by atoms with Crippen LogP contribution in [-0.2, 0) is 4.79 Å². The first-order valence-corrected chi connectivity index (χ1v) is 8.47. The van der Waals surface area contributed by atoms with Gasteiger partial charge >= 0.3 is 0 Å². The molecule has 0 amide bonds. The molecule has 3 aromatic rings. The number of nitrogens with one attached hydrogen (secondary N) is 1. The summed E-state index contributed by atoms with van der Waals surface area (Å²) in [6.45, 7) is 1.43.